The molecule has 0 bridgehead atoms. The third-order valence-corrected chi connectivity index (χ3v) is 6.59. The number of carbonyl (C=O) groups is 2. The molecule has 2 saturated heterocycles. The van der Waals surface area contributed by atoms with Crippen LogP contribution < -0.4 is 4.74 Å². The molecule has 1 N–H and O–H groups in total. The van der Waals surface area contributed by atoms with Crippen molar-refractivity contribution in [3.05, 3.63) is 28.8 Å². The standard InChI is InChI=1S/C21H28N2O4/c1-13-7-18(27-3)14(2)6-16(13)8-22-9-17-10-23(19(24)15-4-5-15)12-21(17,11-22)20(25)26/h6-7,15,17H,4-5,8-12H2,1-3H3,(H,25,26)/t17-,21-/m1/s1. The number of aliphatic carboxylic acids is 1. The summed E-state index contributed by atoms with van der Waals surface area (Å²) in [4.78, 5) is 28.7. The number of aryl methyl sites for hydroxylation is 2. The number of carboxylic acid groups (broad SMARTS) is 1. The molecule has 0 radical (unpaired) electrons. The topological polar surface area (TPSA) is 70.1 Å². The van der Waals surface area contributed by atoms with Crippen molar-refractivity contribution in [2.75, 3.05) is 33.3 Å². The Morgan fingerprint density at radius 2 is 1.93 bits per heavy atom. The second kappa shape index (κ2) is 6.51. The first-order valence-electron chi connectivity index (χ1n) is 9.72. The minimum atomic E-state index is -0.819. The van der Waals surface area contributed by atoms with Crippen LogP contribution >= 0.6 is 0 Å². The number of rotatable bonds is 5. The summed E-state index contributed by atoms with van der Waals surface area (Å²) in [5.41, 5.74) is 2.63. The van der Waals surface area contributed by atoms with Gasteiger partial charge < -0.3 is 14.7 Å². The summed E-state index contributed by atoms with van der Waals surface area (Å²) in [6, 6.07) is 4.18. The normalized spacial score (nSPS) is 27.7. The molecule has 2 atom stereocenters. The lowest BCUT2D eigenvalue weighted by Gasteiger charge is -2.26. The van der Waals surface area contributed by atoms with Gasteiger partial charge in [-0.1, -0.05) is 6.07 Å². The average molecular weight is 372 g/mol. The Labute approximate surface area is 160 Å². The summed E-state index contributed by atoms with van der Waals surface area (Å²) in [6.07, 6.45) is 1.92. The Kier molecular flexibility index (Phi) is 4.41. The molecule has 1 amide bonds. The van der Waals surface area contributed by atoms with Gasteiger partial charge in [-0.05, 0) is 49.4 Å². The van der Waals surface area contributed by atoms with Gasteiger partial charge >= 0.3 is 5.97 Å². The van der Waals surface area contributed by atoms with Crippen molar-refractivity contribution in [3.8, 4) is 5.75 Å². The van der Waals surface area contributed by atoms with Crippen LogP contribution in [0.2, 0.25) is 0 Å². The van der Waals surface area contributed by atoms with Crippen molar-refractivity contribution in [3.63, 3.8) is 0 Å². The molecule has 3 aliphatic rings. The van der Waals surface area contributed by atoms with E-state index in [9.17, 15) is 14.7 Å². The maximum atomic E-state index is 12.4. The van der Waals surface area contributed by atoms with Crippen LogP contribution in [0.15, 0.2) is 12.1 Å². The predicted molar refractivity (Wildman–Crippen MR) is 101 cm³/mol. The van der Waals surface area contributed by atoms with Gasteiger partial charge in [-0.25, -0.2) is 0 Å². The summed E-state index contributed by atoms with van der Waals surface area (Å²) >= 11 is 0. The van der Waals surface area contributed by atoms with Crippen LogP contribution in [0.25, 0.3) is 0 Å². The van der Waals surface area contributed by atoms with Gasteiger partial charge in [-0.15, -0.1) is 0 Å². The van der Waals surface area contributed by atoms with E-state index in [-0.39, 0.29) is 17.7 Å². The van der Waals surface area contributed by atoms with Gasteiger partial charge in [0.1, 0.15) is 11.2 Å². The molecule has 1 aromatic rings. The quantitative estimate of drug-likeness (QED) is 0.857. The van der Waals surface area contributed by atoms with E-state index >= 15 is 0 Å². The van der Waals surface area contributed by atoms with Crippen LogP contribution in [0, 0.1) is 31.1 Å². The third kappa shape index (κ3) is 3.10. The summed E-state index contributed by atoms with van der Waals surface area (Å²) in [7, 11) is 1.68. The fraction of sp³-hybridized carbons (Fsp3) is 0.619. The van der Waals surface area contributed by atoms with E-state index in [4.69, 9.17) is 4.74 Å². The smallest absolute Gasteiger partial charge is 0.313 e. The van der Waals surface area contributed by atoms with E-state index in [2.05, 4.69) is 17.9 Å². The molecule has 27 heavy (non-hydrogen) atoms. The molecule has 6 nitrogen and oxygen atoms in total. The summed E-state index contributed by atoms with van der Waals surface area (Å²) < 4.78 is 5.39. The molecule has 146 valence electrons. The summed E-state index contributed by atoms with van der Waals surface area (Å²) in [6.45, 7) is 7.01. The van der Waals surface area contributed by atoms with Crippen LogP contribution in [0.5, 0.6) is 5.75 Å². The molecule has 0 spiro atoms. The van der Waals surface area contributed by atoms with E-state index < -0.39 is 11.4 Å². The number of benzene rings is 1. The van der Waals surface area contributed by atoms with Gasteiger partial charge in [-0.2, -0.15) is 0 Å². The molecular weight excluding hydrogens is 344 g/mol. The Hall–Kier alpha value is -2.08. The maximum absolute atomic E-state index is 12.4. The van der Waals surface area contributed by atoms with Crippen molar-refractivity contribution >= 4 is 11.9 Å². The molecule has 0 aromatic heterocycles. The van der Waals surface area contributed by atoms with Crippen LogP contribution in [0.1, 0.15) is 29.5 Å². The zero-order chi connectivity index (χ0) is 19.3. The Morgan fingerprint density at radius 1 is 1.19 bits per heavy atom. The number of likely N-dealkylation sites (tertiary alicyclic amines) is 2. The maximum Gasteiger partial charge on any atom is 0.313 e. The highest BCUT2D eigenvalue weighted by atomic mass is 16.5. The Balaban J connectivity index is 1.50. The van der Waals surface area contributed by atoms with E-state index in [1.165, 1.54) is 5.56 Å². The highest BCUT2D eigenvalue weighted by Crippen LogP contribution is 2.45. The van der Waals surface area contributed by atoms with Gasteiger partial charge in [0.15, 0.2) is 0 Å². The summed E-state index contributed by atoms with van der Waals surface area (Å²) in [5, 5.41) is 10.00. The molecule has 1 saturated carbocycles. The minimum Gasteiger partial charge on any atom is -0.496 e. The fourth-order valence-corrected chi connectivity index (χ4v) is 4.83. The number of hydrogen-bond donors (Lipinski definition) is 1. The lowest BCUT2D eigenvalue weighted by atomic mass is 9.81. The molecular formula is C21H28N2O4. The summed E-state index contributed by atoms with van der Waals surface area (Å²) in [5.74, 6) is 0.445. The number of carbonyl (C=O) groups excluding carboxylic acids is 1. The average Bonchev–Trinajstić information content (AvgIpc) is 3.31. The minimum absolute atomic E-state index is 0.0114. The van der Waals surface area contributed by atoms with Crippen molar-refractivity contribution < 1.29 is 19.4 Å². The molecule has 3 fully saturated rings. The number of methoxy groups -OCH3 is 1. The zero-order valence-electron chi connectivity index (χ0n) is 16.3. The van der Waals surface area contributed by atoms with Gasteiger partial charge in [0, 0.05) is 44.6 Å². The first-order chi connectivity index (χ1) is 12.8. The number of carboxylic acids is 1. The van der Waals surface area contributed by atoms with E-state index in [0.29, 0.717) is 19.6 Å². The van der Waals surface area contributed by atoms with Crippen LogP contribution in [-0.4, -0.2) is 60.1 Å². The number of amides is 1. The van der Waals surface area contributed by atoms with E-state index in [0.717, 1.165) is 42.8 Å². The molecule has 0 unspecified atom stereocenters. The van der Waals surface area contributed by atoms with Crippen LogP contribution in [-0.2, 0) is 16.1 Å². The van der Waals surface area contributed by atoms with Crippen molar-refractivity contribution in [1.82, 2.24) is 9.80 Å². The van der Waals surface area contributed by atoms with Gasteiger partial charge in [0.25, 0.3) is 0 Å². The van der Waals surface area contributed by atoms with E-state index in [1.807, 2.05) is 17.9 Å². The Morgan fingerprint density at radius 3 is 2.52 bits per heavy atom. The zero-order valence-corrected chi connectivity index (χ0v) is 16.3. The molecule has 2 aliphatic heterocycles. The molecule has 6 heteroatoms. The van der Waals surface area contributed by atoms with Crippen molar-refractivity contribution in [2.24, 2.45) is 17.3 Å². The largest absolute Gasteiger partial charge is 0.496 e. The second-order valence-electron chi connectivity index (χ2n) is 8.57. The fourth-order valence-electron chi connectivity index (χ4n) is 4.83. The third-order valence-electron chi connectivity index (χ3n) is 6.59. The number of hydrogen-bond acceptors (Lipinski definition) is 4. The predicted octanol–water partition coefficient (Wildman–Crippen LogP) is 2.07. The molecule has 1 aromatic carbocycles. The molecule has 4 rings (SSSR count). The van der Waals surface area contributed by atoms with E-state index in [1.54, 1.807) is 7.11 Å². The number of nitrogens with zero attached hydrogens (tertiary/aromatic N) is 2. The molecule has 1 aliphatic carbocycles. The van der Waals surface area contributed by atoms with Gasteiger partial charge in [-0.3, -0.25) is 14.5 Å². The highest BCUT2D eigenvalue weighted by Gasteiger charge is 2.59. The SMILES string of the molecule is COc1cc(C)c(CN2C[C@@H]3CN(C(=O)C4CC4)C[C@]3(C(=O)O)C2)cc1C. The van der Waals surface area contributed by atoms with Gasteiger partial charge in [0.05, 0.1) is 7.11 Å². The van der Waals surface area contributed by atoms with Crippen molar-refractivity contribution in [1.29, 1.82) is 0 Å². The Bertz CT molecular complexity index is 789. The van der Waals surface area contributed by atoms with Crippen molar-refractivity contribution in [2.45, 2.75) is 33.2 Å². The van der Waals surface area contributed by atoms with Gasteiger partial charge in [0.2, 0.25) is 5.91 Å². The van der Waals surface area contributed by atoms with Crippen LogP contribution in [0.3, 0.4) is 0 Å². The number of fused-ring (bicyclic) bond motifs is 1. The first-order valence-corrected chi connectivity index (χ1v) is 9.72. The highest BCUT2D eigenvalue weighted by molar-refractivity contribution is 5.84. The monoisotopic (exact) mass is 372 g/mol. The lowest BCUT2D eigenvalue weighted by molar-refractivity contribution is -0.149. The lowest BCUT2D eigenvalue weighted by Crippen LogP contribution is -2.42. The van der Waals surface area contributed by atoms with Crippen LogP contribution in [0.4, 0.5) is 0 Å². The first kappa shape index (κ1) is 18.3. The second-order valence-corrected chi connectivity index (χ2v) is 8.57. The molecule has 2 heterocycles. The number of ether oxygens (including phenoxy) is 1.